The average Bonchev–Trinajstić information content (AvgIpc) is 2.25. The van der Waals surface area contributed by atoms with Crippen molar-refractivity contribution in [3.05, 3.63) is 0 Å². The molecule has 0 saturated carbocycles. The van der Waals surface area contributed by atoms with E-state index >= 15 is 0 Å². The zero-order valence-corrected chi connectivity index (χ0v) is 8.71. The first kappa shape index (κ1) is 11.9. The molecule has 1 atom stereocenters. The van der Waals surface area contributed by atoms with Gasteiger partial charge in [0, 0.05) is 6.54 Å². The molecule has 0 aromatic heterocycles. The summed E-state index contributed by atoms with van der Waals surface area (Å²) in [6.07, 6.45) is 2.53. The quantitative estimate of drug-likeness (QED) is 0.572. The Hall–Kier alpha value is -0.160. The van der Waals surface area contributed by atoms with Crippen LogP contribution in [0, 0.1) is 5.92 Å². The van der Waals surface area contributed by atoms with Gasteiger partial charge in [-0.15, -0.1) is 0 Å². The molecule has 1 aliphatic heterocycles. The fourth-order valence-electron chi connectivity index (χ4n) is 1.60. The molecule has 4 heteroatoms. The molecule has 1 saturated heterocycles. The lowest BCUT2D eigenvalue weighted by Crippen LogP contribution is -2.32. The minimum absolute atomic E-state index is 0.0898. The van der Waals surface area contributed by atoms with Gasteiger partial charge in [0.25, 0.3) is 0 Å². The molecular weight excluding hydrogens is 182 g/mol. The Labute approximate surface area is 85.6 Å². The van der Waals surface area contributed by atoms with Crippen LogP contribution in [-0.4, -0.2) is 51.2 Å². The van der Waals surface area contributed by atoms with Gasteiger partial charge in [0.05, 0.1) is 33.0 Å². The molecule has 84 valence electrons. The van der Waals surface area contributed by atoms with Gasteiger partial charge in [0.2, 0.25) is 0 Å². The summed E-state index contributed by atoms with van der Waals surface area (Å²) in [5.74, 6) is 0.668. The maximum absolute atomic E-state index is 8.45. The third-order valence-corrected chi connectivity index (χ3v) is 2.36. The van der Waals surface area contributed by atoms with Crippen LogP contribution in [-0.2, 0) is 9.47 Å². The van der Waals surface area contributed by atoms with E-state index in [-0.39, 0.29) is 6.61 Å². The summed E-state index contributed by atoms with van der Waals surface area (Å²) in [6, 6.07) is 0. The van der Waals surface area contributed by atoms with Gasteiger partial charge >= 0.3 is 0 Å². The van der Waals surface area contributed by atoms with Crippen LogP contribution >= 0.6 is 0 Å². The van der Waals surface area contributed by atoms with Crippen LogP contribution in [0.3, 0.4) is 0 Å². The maximum Gasteiger partial charge on any atom is 0.0701 e. The number of ether oxygens (including phenoxy) is 2. The SMILES string of the molecule is OCCOCCOCC1CCCNC1. The van der Waals surface area contributed by atoms with Crippen molar-refractivity contribution in [3.8, 4) is 0 Å². The Kier molecular flexibility index (Phi) is 6.95. The molecule has 0 bridgehead atoms. The van der Waals surface area contributed by atoms with Crippen molar-refractivity contribution >= 4 is 0 Å². The monoisotopic (exact) mass is 203 g/mol. The average molecular weight is 203 g/mol. The lowest BCUT2D eigenvalue weighted by molar-refractivity contribution is 0.0194. The van der Waals surface area contributed by atoms with Gasteiger partial charge in [-0.25, -0.2) is 0 Å². The molecular formula is C10H21NO3. The van der Waals surface area contributed by atoms with Crippen LogP contribution in [0.1, 0.15) is 12.8 Å². The zero-order valence-electron chi connectivity index (χ0n) is 8.71. The number of nitrogens with one attached hydrogen (secondary N) is 1. The fraction of sp³-hybridized carbons (Fsp3) is 1.00. The molecule has 0 aliphatic carbocycles. The molecule has 1 unspecified atom stereocenters. The van der Waals surface area contributed by atoms with E-state index in [4.69, 9.17) is 14.6 Å². The molecule has 4 nitrogen and oxygen atoms in total. The number of aliphatic hydroxyl groups excluding tert-OH is 1. The van der Waals surface area contributed by atoms with Crippen LogP contribution in [0.25, 0.3) is 0 Å². The van der Waals surface area contributed by atoms with Crippen molar-refractivity contribution < 1.29 is 14.6 Å². The first-order valence-corrected chi connectivity index (χ1v) is 5.40. The summed E-state index contributed by atoms with van der Waals surface area (Å²) in [6.45, 7) is 4.78. The summed E-state index contributed by atoms with van der Waals surface area (Å²) in [5, 5.41) is 11.8. The summed E-state index contributed by atoms with van der Waals surface area (Å²) in [5.41, 5.74) is 0. The van der Waals surface area contributed by atoms with Crippen molar-refractivity contribution in [3.63, 3.8) is 0 Å². The minimum atomic E-state index is 0.0898. The Bertz CT molecular complexity index is 127. The van der Waals surface area contributed by atoms with E-state index in [2.05, 4.69) is 5.32 Å². The normalized spacial score (nSPS) is 22.5. The summed E-state index contributed by atoms with van der Waals surface area (Å²) >= 11 is 0. The predicted octanol–water partition coefficient (Wildman–Crippen LogP) is 0.0115. The Morgan fingerprint density at radius 1 is 1.21 bits per heavy atom. The second-order valence-corrected chi connectivity index (χ2v) is 3.62. The first-order chi connectivity index (χ1) is 6.93. The minimum Gasteiger partial charge on any atom is -0.394 e. The van der Waals surface area contributed by atoms with Gasteiger partial charge in [-0.05, 0) is 25.3 Å². The molecule has 1 rings (SSSR count). The summed E-state index contributed by atoms with van der Waals surface area (Å²) in [4.78, 5) is 0. The number of aliphatic hydroxyl groups is 1. The van der Waals surface area contributed by atoms with Crippen molar-refractivity contribution in [1.82, 2.24) is 5.32 Å². The van der Waals surface area contributed by atoms with E-state index in [0.717, 1.165) is 19.7 Å². The molecule has 0 amide bonds. The highest BCUT2D eigenvalue weighted by Gasteiger charge is 2.12. The molecule has 2 N–H and O–H groups in total. The van der Waals surface area contributed by atoms with Crippen LogP contribution in [0.4, 0.5) is 0 Å². The third kappa shape index (κ3) is 5.54. The molecule has 0 radical (unpaired) electrons. The molecule has 1 heterocycles. The van der Waals surface area contributed by atoms with Crippen LogP contribution in [0.2, 0.25) is 0 Å². The second kappa shape index (κ2) is 8.17. The van der Waals surface area contributed by atoms with Gasteiger partial charge in [-0.2, -0.15) is 0 Å². The van der Waals surface area contributed by atoms with Crippen molar-refractivity contribution in [1.29, 1.82) is 0 Å². The standard InChI is InChI=1S/C10H21NO3/c12-4-5-13-6-7-14-9-10-2-1-3-11-8-10/h10-12H,1-9H2. The Morgan fingerprint density at radius 2 is 2.07 bits per heavy atom. The van der Waals surface area contributed by atoms with E-state index < -0.39 is 0 Å². The molecule has 14 heavy (non-hydrogen) atoms. The van der Waals surface area contributed by atoms with Gasteiger partial charge in [0.1, 0.15) is 0 Å². The van der Waals surface area contributed by atoms with E-state index in [0.29, 0.717) is 25.7 Å². The fourth-order valence-corrected chi connectivity index (χ4v) is 1.60. The maximum atomic E-state index is 8.45. The summed E-state index contributed by atoms with van der Waals surface area (Å²) < 4.78 is 10.6. The predicted molar refractivity (Wildman–Crippen MR) is 54.3 cm³/mol. The van der Waals surface area contributed by atoms with E-state index in [9.17, 15) is 0 Å². The highest BCUT2D eigenvalue weighted by atomic mass is 16.5. The third-order valence-electron chi connectivity index (χ3n) is 2.36. The highest BCUT2D eigenvalue weighted by molar-refractivity contribution is 4.67. The zero-order chi connectivity index (χ0) is 10.1. The summed E-state index contributed by atoms with van der Waals surface area (Å²) in [7, 11) is 0. The van der Waals surface area contributed by atoms with Crippen molar-refractivity contribution in [2.45, 2.75) is 12.8 Å². The topological polar surface area (TPSA) is 50.7 Å². The molecule has 0 aromatic rings. The van der Waals surface area contributed by atoms with Crippen LogP contribution in [0.15, 0.2) is 0 Å². The van der Waals surface area contributed by atoms with Crippen LogP contribution in [0.5, 0.6) is 0 Å². The Morgan fingerprint density at radius 3 is 2.79 bits per heavy atom. The Balaban J connectivity index is 1.82. The molecule has 0 spiro atoms. The van der Waals surface area contributed by atoms with E-state index in [1.165, 1.54) is 12.8 Å². The van der Waals surface area contributed by atoms with Crippen LogP contribution < -0.4 is 5.32 Å². The van der Waals surface area contributed by atoms with Crippen molar-refractivity contribution in [2.75, 3.05) is 46.1 Å². The number of hydrogen-bond acceptors (Lipinski definition) is 4. The lowest BCUT2D eigenvalue weighted by atomic mass is 10.0. The van der Waals surface area contributed by atoms with Gasteiger partial charge in [0.15, 0.2) is 0 Å². The number of rotatable bonds is 7. The largest absolute Gasteiger partial charge is 0.394 e. The molecule has 0 aromatic carbocycles. The number of hydrogen-bond donors (Lipinski definition) is 2. The molecule has 1 aliphatic rings. The second-order valence-electron chi connectivity index (χ2n) is 3.62. The van der Waals surface area contributed by atoms with E-state index in [1.807, 2.05) is 0 Å². The number of piperidine rings is 1. The highest BCUT2D eigenvalue weighted by Crippen LogP contribution is 2.09. The smallest absolute Gasteiger partial charge is 0.0701 e. The van der Waals surface area contributed by atoms with Crippen molar-refractivity contribution in [2.24, 2.45) is 5.92 Å². The van der Waals surface area contributed by atoms with E-state index in [1.54, 1.807) is 0 Å². The lowest BCUT2D eigenvalue weighted by Gasteiger charge is -2.22. The van der Waals surface area contributed by atoms with Gasteiger partial charge in [-0.3, -0.25) is 0 Å². The van der Waals surface area contributed by atoms with Gasteiger partial charge in [-0.1, -0.05) is 0 Å². The molecule has 1 fully saturated rings. The van der Waals surface area contributed by atoms with Gasteiger partial charge < -0.3 is 19.9 Å². The first-order valence-electron chi connectivity index (χ1n) is 5.40.